The van der Waals surface area contributed by atoms with Gasteiger partial charge in [-0.2, -0.15) is 0 Å². The van der Waals surface area contributed by atoms with E-state index in [1.165, 1.54) is 30.2 Å². The van der Waals surface area contributed by atoms with Gasteiger partial charge in [0.2, 0.25) is 0 Å². The molecule has 0 spiro atoms. The zero-order chi connectivity index (χ0) is 15.0. The first-order chi connectivity index (χ1) is 10.00. The van der Waals surface area contributed by atoms with Gasteiger partial charge in [0.25, 0.3) is 0 Å². The highest BCUT2D eigenvalue weighted by Crippen LogP contribution is 2.40. The number of thioether (sulfide) groups is 1. The minimum absolute atomic E-state index is 0.0160. The highest BCUT2D eigenvalue weighted by Gasteiger charge is 2.48. The van der Waals surface area contributed by atoms with Crippen LogP contribution in [0, 0.1) is 5.41 Å². The maximum atomic E-state index is 11.8. The van der Waals surface area contributed by atoms with Gasteiger partial charge in [-0.3, -0.25) is 5.41 Å². The fourth-order valence-electron chi connectivity index (χ4n) is 3.01. The van der Waals surface area contributed by atoms with Gasteiger partial charge in [0.1, 0.15) is 0 Å². The van der Waals surface area contributed by atoms with Crippen molar-refractivity contribution in [3.8, 4) is 0 Å². The molecule has 114 valence electrons. The van der Waals surface area contributed by atoms with Gasteiger partial charge in [-0.1, -0.05) is 37.2 Å². The number of aryl methyl sites for hydroxylation is 1. The first kappa shape index (κ1) is 14.9. The predicted octanol–water partition coefficient (Wildman–Crippen LogP) is 2.68. The number of nitrogens with zero attached hydrogens (tertiary/aromatic N) is 1. The van der Waals surface area contributed by atoms with Crippen LogP contribution in [0.15, 0.2) is 24.3 Å². The van der Waals surface area contributed by atoms with Crippen molar-refractivity contribution in [1.82, 2.24) is 0 Å². The Kier molecular flexibility index (Phi) is 4.01. The maximum absolute atomic E-state index is 11.8. The Balaban J connectivity index is 1.81. The Morgan fingerprint density at radius 3 is 2.67 bits per heavy atom. The van der Waals surface area contributed by atoms with Crippen LogP contribution in [0.4, 0.5) is 5.69 Å². The van der Waals surface area contributed by atoms with Crippen molar-refractivity contribution in [3.05, 3.63) is 29.8 Å². The van der Waals surface area contributed by atoms with Crippen molar-refractivity contribution in [2.24, 2.45) is 0 Å². The minimum Gasteiger partial charge on any atom is -0.316 e. The van der Waals surface area contributed by atoms with Crippen LogP contribution in [0.5, 0.6) is 0 Å². The Morgan fingerprint density at radius 1 is 1.29 bits per heavy atom. The molecule has 0 aliphatic carbocycles. The molecular weight excluding hydrogens is 304 g/mol. The lowest BCUT2D eigenvalue weighted by molar-refractivity contribution is 0.601. The topological polar surface area (TPSA) is 61.2 Å². The molecule has 0 aromatic heterocycles. The average Bonchev–Trinajstić information content (AvgIpc) is 2.87. The summed E-state index contributed by atoms with van der Waals surface area (Å²) in [4.78, 5) is 1.89. The Bertz CT molecular complexity index is 640. The Hall–Kier alpha value is -1.01. The van der Waals surface area contributed by atoms with E-state index >= 15 is 0 Å². The first-order valence-electron chi connectivity index (χ1n) is 7.34. The van der Waals surface area contributed by atoms with E-state index in [4.69, 9.17) is 5.41 Å². The van der Waals surface area contributed by atoms with E-state index in [1.54, 1.807) is 0 Å². The van der Waals surface area contributed by atoms with E-state index in [1.807, 2.05) is 17.0 Å². The molecule has 2 fully saturated rings. The van der Waals surface area contributed by atoms with Crippen molar-refractivity contribution >= 4 is 32.5 Å². The summed E-state index contributed by atoms with van der Waals surface area (Å²) in [5.41, 5.74) is 2.24. The SMILES string of the molecule is CCCCc1ccc(N2C(=N)S[C@@H]3CS(=O)(=O)C[C@@H]32)cc1. The van der Waals surface area contributed by atoms with Crippen LogP contribution in [-0.2, 0) is 16.3 Å². The molecule has 0 bridgehead atoms. The van der Waals surface area contributed by atoms with Crippen LogP contribution in [0.2, 0.25) is 0 Å². The molecule has 1 N–H and O–H groups in total. The summed E-state index contributed by atoms with van der Waals surface area (Å²) in [5.74, 6) is 0.375. The zero-order valence-corrected chi connectivity index (χ0v) is 13.7. The zero-order valence-electron chi connectivity index (χ0n) is 12.1. The second-order valence-electron chi connectivity index (χ2n) is 5.75. The molecule has 3 rings (SSSR count). The molecule has 0 amide bonds. The van der Waals surface area contributed by atoms with E-state index in [2.05, 4.69) is 19.1 Å². The molecule has 2 aliphatic rings. The molecule has 0 radical (unpaired) electrons. The van der Waals surface area contributed by atoms with Gasteiger partial charge in [0, 0.05) is 10.9 Å². The molecule has 4 nitrogen and oxygen atoms in total. The molecule has 0 unspecified atom stereocenters. The minimum atomic E-state index is -2.95. The van der Waals surface area contributed by atoms with Crippen molar-refractivity contribution in [2.75, 3.05) is 16.4 Å². The number of nitrogens with one attached hydrogen (secondary N) is 1. The summed E-state index contributed by atoms with van der Waals surface area (Å²) in [6.45, 7) is 2.18. The summed E-state index contributed by atoms with van der Waals surface area (Å²) in [7, 11) is -2.95. The molecule has 2 atom stereocenters. The molecular formula is C15H20N2O2S2. The molecule has 2 aliphatic heterocycles. The second kappa shape index (κ2) is 5.65. The number of hydrogen-bond donors (Lipinski definition) is 1. The van der Waals surface area contributed by atoms with Crippen molar-refractivity contribution < 1.29 is 8.42 Å². The Labute approximate surface area is 130 Å². The monoisotopic (exact) mass is 324 g/mol. The van der Waals surface area contributed by atoms with Gasteiger partial charge in [0.15, 0.2) is 15.0 Å². The smallest absolute Gasteiger partial charge is 0.161 e. The molecule has 0 saturated carbocycles. The standard InChI is InChI=1S/C15H20N2O2S2/c1-2-3-4-11-5-7-12(8-6-11)17-13-9-21(18,19)10-14(13)20-15(17)16/h5-8,13-14,16H,2-4,9-10H2,1H3/t13-,14+/m0/s1. The molecule has 2 heterocycles. The van der Waals surface area contributed by atoms with Crippen molar-refractivity contribution in [2.45, 2.75) is 37.5 Å². The van der Waals surface area contributed by atoms with Crippen molar-refractivity contribution in [1.29, 1.82) is 5.41 Å². The average molecular weight is 324 g/mol. The molecule has 6 heteroatoms. The molecule has 1 aromatic rings. The fourth-order valence-corrected chi connectivity index (χ4v) is 6.81. The maximum Gasteiger partial charge on any atom is 0.161 e. The third kappa shape index (κ3) is 2.97. The van der Waals surface area contributed by atoms with Crippen molar-refractivity contribution in [3.63, 3.8) is 0 Å². The predicted molar refractivity (Wildman–Crippen MR) is 89.1 cm³/mol. The summed E-state index contributed by atoms with van der Waals surface area (Å²) >= 11 is 1.39. The molecule has 2 saturated heterocycles. The van der Waals surface area contributed by atoms with Gasteiger partial charge >= 0.3 is 0 Å². The summed E-state index contributed by atoms with van der Waals surface area (Å²) in [6.07, 6.45) is 3.43. The summed E-state index contributed by atoms with van der Waals surface area (Å²) < 4.78 is 23.6. The third-order valence-electron chi connectivity index (χ3n) is 4.12. The van der Waals surface area contributed by atoms with E-state index in [0.717, 1.165) is 12.1 Å². The lowest BCUT2D eigenvalue weighted by atomic mass is 10.1. The van der Waals surface area contributed by atoms with Gasteiger partial charge in [-0.15, -0.1) is 0 Å². The van der Waals surface area contributed by atoms with Crippen LogP contribution < -0.4 is 4.90 Å². The number of amidine groups is 1. The van der Waals surface area contributed by atoms with Gasteiger partial charge in [0.05, 0.1) is 17.5 Å². The highest BCUT2D eigenvalue weighted by molar-refractivity contribution is 8.15. The number of anilines is 1. The summed E-state index contributed by atoms with van der Waals surface area (Å²) in [6, 6.07) is 8.16. The van der Waals surface area contributed by atoms with Crippen LogP contribution in [0.3, 0.4) is 0 Å². The number of sulfone groups is 1. The second-order valence-corrected chi connectivity index (χ2v) is 9.13. The van der Waals surface area contributed by atoms with Crippen LogP contribution in [0.1, 0.15) is 25.3 Å². The lowest BCUT2D eigenvalue weighted by Gasteiger charge is -2.24. The van der Waals surface area contributed by atoms with Gasteiger partial charge in [-0.05, 0) is 30.5 Å². The highest BCUT2D eigenvalue weighted by atomic mass is 32.2. The first-order valence-corrected chi connectivity index (χ1v) is 10.0. The third-order valence-corrected chi connectivity index (χ3v) is 7.25. The number of hydrogen-bond acceptors (Lipinski definition) is 4. The quantitative estimate of drug-likeness (QED) is 0.925. The molecule has 21 heavy (non-hydrogen) atoms. The van der Waals surface area contributed by atoms with Gasteiger partial charge < -0.3 is 4.90 Å². The largest absolute Gasteiger partial charge is 0.316 e. The fraction of sp³-hybridized carbons (Fsp3) is 0.533. The van der Waals surface area contributed by atoms with E-state index in [9.17, 15) is 8.42 Å². The molecule has 1 aromatic carbocycles. The van der Waals surface area contributed by atoms with E-state index in [0.29, 0.717) is 5.17 Å². The number of benzene rings is 1. The van der Waals surface area contributed by atoms with Crippen LogP contribution in [0.25, 0.3) is 0 Å². The normalized spacial score (nSPS) is 27.1. The Morgan fingerprint density at radius 2 is 2.00 bits per heavy atom. The number of rotatable bonds is 4. The van der Waals surface area contributed by atoms with E-state index in [-0.39, 0.29) is 22.8 Å². The number of unbranched alkanes of at least 4 members (excludes halogenated alkanes) is 1. The van der Waals surface area contributed by atoms with Crippen LogP contribution in [-0.4, -0.2) is 36.4 Å². The summed E-state index contributed by atoms with van der Waals surface area (Å²) in [5, 5.41) is 8.62. The van der Waals surface area contributed by atoms with E-state index < -0.39 is 9.84 Å². The van der Waals surface area contributed by atoms with Crippen LogP contribution >= 0.6 is 11.8 Å². The van der Waals surface area contributed by atoms with Gasteiger partial charge in [-0.25, -0.2) is 8.42 Å². The lowest BCUT2D eigenvalue weighted by Crippen LogP contribution is -2.37. The number of fused-ring (bicyclic) bond motifs is 1.